The van der Waals surface area contributed by atoms with Crippen molar-refractivity contribution in [1.82, 2.24) is 15.3 Å². The van der Waals surface area contributed by atoms with Crippen molar-refractivity contribution < 1.29 is 14.3 Å². The van der Waals surface area contributed by atoms with Crippen molar-refractivity contribution in [3.63, 3.8) is 0 Å². The fraction of sp³-hybridized carbons (Fsp3) is 0.400. The number of rotatable bonds is 6. The van der Waals surface area contributed by atoms with Gasteiger partial charge in [0.2, 0.25) is 5.95 Å². The van der Waals surface area contributed by atoms with Gasteiger partial charge in [-0.05, 0) is 40.9 Å². The molecule has 0 radical (unpaired) electrons. The van der Waals surface area contributed by atoms with Crippen LogP contribution in [0, 0.1) is 11.3 Å². The maximum Gasteiger partial charge on any atom is 0.258 e. The largest absolute Gasteiger partial charge is 0.493 e. The number of nitriles is 1. The summed E-state index contributed by atoms with van der Waals surface area (Å²) in [6.07, 6.45) is 5.49. The lowest BCUT2D eigenvalue weighted by Crippen LogP contribution is -2.39. The minimum Gasteiger partial charge on any atom is -0.493 e. The van der Waals surface area contributed by atoms with E-state index in [1.54, 1.807) is 12.1 Å². The van der Waals surface area contributed by atoms with E-state index in [1.807, 2.05) is 6.07 Å². The number of benzene rings is 1. The quantitative estimate of drug-likeness (QED) is 0.578. The van der Waals surface area contributed by atoms with Gasteiger partial charge in [-0.25, -0.2) is 4.98 Å². The van der Waals surface area contributed by atoms with E-state index in [4.69, 9.17) is 20.9 Å². The number of hydrogen-bond donors (Lipinski definition) is 3. The van der Waals surface area contributed by atoms with Crippen molar-refractivity contribution in [3.05, 3.63) is 22.2 Å². The van der Waals surface area contributed by atoms with Gasteiger partial charge in [-0.2, -0.15) is 10.2 Å². The number of nitrogens with two attached hydrogens (primary N) is 2. The Morgan fingerprint density at radius 3 is 2.70 bits per heavy atom. The second-order valence-electron chi connectivity index (χ2n) is 6.98. The lowest BCUT2D eigenvalue weighted by molar-refractivity contribution is -0.124. The second kappa shape index (κ2) is 9.63. The van der Waals surface area contributed by atoms with E-state index in [-0.39, 0.29) is 41.6 Å². The molecule has 1 amide bonds. The van der Waals surface area contributed by atoms with Crippen LogP contribution < -0.4 is 26.3 Å². The van der Waals surface area contributed by atoms with Gasteiger partial charge in [-0.1, -0.05) is 19.3 Å². The number of carbonyl (C=O) groups excluding carboxylic acids is 1. The molecule has 158 valence electrons. The van der Waals surface area contributed by atoms with Gasteiger partial charge in [-0.15, -0.1) is 0 Å². The van der Waals surface area contributed by atoms with Crippen LogP contribution in [0.4, 0.5) is 11.8 Å². The SMILES string of the molecule is COc1cc(-c2nc(N)nc(N)c2C#N)cc(Br)c1OCC(=O)NC1CCCCC1. The lowest BCUT2D eigenvalue weighted by atomic mass is 9.95. The van der Waals surface area contributed by atoms with Crippen LogP contribution >= 0.6 is 15.9 Å². The Kier molecular flexibility index (Phi) is 6.95. The number of ether oxygens (including phenoxy) is 2. The average molecular weight is 475 g/mol. The topological polar surface area (TPSA) is 149 Å². The van der Waals surface area contributed by atoms with Crippen molar-refractivity contribution in [1.29, 1.82) is 5.26 Å². The van der Waals surface area contributed by atoms with E-state index in [2.05, 4.69) is 31.2 Å². The standard InChI is InChI=1S/C20H23BrN6O3/c1-29-15-8-11(17-13(9-22)19(23)27-20(24)26-17)7-14(21)18(15)30-10-16(28)25-12-5-3-2-4-6-12/h7-8,12H,2-6,10H2,1H3,(H,25,28)(H4,23,24,26,27). The molecule has 0 atom stereocenters. The summed E-state index contributed by atoms with van der Waals surface area (Å²) in [5, 5.41) is 12.4. The summed E-state index contributed by atoms with van der Waals surface area (Å²) in [5.74, 6) is 0.507. The predicted octanol–water partition coefficient (Wildman–Crippen LogP) is 2.78. The van der Waals surface area contributed by atoms with Gasteiger partial charge in [0.05, 0.1) is 17.3 Å². The van der Waals surface area contributed by atoms with Crippen LogP contribution in [0.25, 0.3) is 11.3 Å². The Morgan fingerprint density at radius 2 is 2.03 bits per heavy atom. The first-order valence-corrected chi connectivity index (χ1v) is 10.4. The Hall–Kier alpha value is -3.06. The molecule has 1 fully saturated rings. The molecule has 9 nitrogen and oxygen atoms in total. The Bertz CT molecular complexity index is 985. The molecule has 1 aliphatic carbocycles. The van der Waals surface area contributed by atoms with E-state index in [1.165, 1.54) is 13.5 Å². The van der Waals surface area contributed by atoms with E-state index in [0.717, 1.165) is 25.7 Å². The van der Waals surface area contributed by atoms with Crippen molar-refractivity contribution in [3.8, 4) is 28.8 Å². The number of anilines is 2. The molecule has 30 heavy (non-hydrogen) atoms. The number of aromatic nitrogens is 2. The molecule has 2 aromatic rings. The number of nitrogen functional groups attached to an aromatic ring is 2. The number of nitrogens with zero attached hydrogens (tertiary/aromatic N) is 3. The van der Waals surface area contributed by atoms with Gasteiger partial charge in [0.15, 0.2) is 18.1 Å². The number of carbonyl (C=O) groups is 1. The van der Waals surface area contributed by atoms with Crippen LogP contribution in [0.3, 0.4) is 0 Å². The number of halogens is 1. The highest BCUT2D eigenvalue weighted by molar-refractivity contribution is 9.10. The van der Waals surface area contributed by atoms with Crippen LogP contribution in [0.5, 0.6) is 11.5 Å². The van der Waals surface area contributed by atoms with Crippen LogP contribution in [-0.2, 0) is 4.79 Å². The first kappa shape index (κ1) is 21.6. The summed E-state index contributed by atoms with van der Waals surface area (Å²) >= 11 is 3.44. The van der Waals surface area contributed by atoms with Gasteiger partial charge < -0.3 is 26.3 Å². The first-order chi connectivity index (χ1) is 14.4. The summed E-state index contributed by atoms with van der Waals surface area (Å²) < 4.78 is 11.7. The highest BCUT2D eigenvalue weighted by atomic mass is 79.9. The van der Waals surface area contributed by atoms with E-state index < -0.39 is 0 Å². The second-order valence-corrected chi connectivity index (χ2v) is 7.84. The zero-order chi connectivity index (χ0) is 21.7. The highest BCUT2D eigenvalue weighted by Gasteiger charge is 2.20. The molecular weight excluding hydrogens is 452 g/mol. The maximum atomic E-state index is 12.3. The molecule has 1 saturated carbocycles. The van der Waals surface area contributed by atoms with Crippen molar-refractivity contribution in [2.24, 2.45) is 0 Å². The third-order valence-corrected chi connectivity index (χ3v) is 5.48. The van der Waals surface area contributed by atoms with Gasteiger partial charge in [0, 0.05) is 11.6 Å². The smallest absolute Gasteiger partial charge is 0.258 e. The Balaban J connectivity index is 1.81. The number of amides is 1. The summed E-state index contributed by atoms with van der Waals surface area (Å²) in [5.41, 5.74) is 12.4. The normalized spacial score (nSPS) is 14.0. The fourth-order valence-corrected chi connectivity index (χ4v) is 4.02. The maximum absolute atomic E-state index is 12.3. The summed E-state index contributed by atoms with van der Waals surface area (Å²) in [6, 6.07) is 5.54. The molecule has 1 aromatic heterocycles. The van der Waals surface area contributed by atoms with Gasteiger partial charge in [0.25, 0.3) is 5.91 Å². The van der Waals surface area contributed by atoms with Gasteiger partial charge >= 0.3 is 0 Å². The summed E-state index contributed by atoms with van der Waals surface area (Å²) in [6.45, 7) is -0.137. The summed E-state index contributed by atoms with van der Waals surface area (Å²) in [4.78, 5) is 20.2. The zero-order valence-corrected chi connectivity index (χ0v) is 18.2. The monoisotopic (exact) mass is 474 g/mol. The molecule has 1 aliphatic rings. The fourth-order valence-electron chi connectivity index (χ4n) is 3.47. The molecule has 1 heterocycles. The first-order valence-electron chi connectivity index (χ1n) is 9.56. The molecule has 0 unspecified atom stereocenters. The molecule has 0 bridgehead atoms. The molecular formula is C20H23BrN6O3. The zero-order valence-electron chi connectivity index (χ0n) is 16.6. The third-order valence-electron chi connectivity index (χ3n) is 4.89. The predicted molar refractivity (Wildman–Crippen MR) is 116 cm³/mol. The Labute approximate surface area is 182 Å². The minimum absolute atomic E-state index is 0.00482. The van der Waals surface area contributed by atoms with Crippen molar-refractivity contribution >= 4 is 33.6 Å². The van der Waals surface area contributed by atoms with Crippen LogP contribution in [0.15, 0.2) is 16.6 Å². The Morgan fingerprint density at radius 1 is 1.30 bits per heavy atom. The molecule has 10 heteroatoms. The number of methoxy groups -OCH3 is 1. The lowest BCUT2D eigenvalue weighted by Gasteiger charge is -2.23. The van der Waals surface area contributed by atoms with Crippen LogP contribution in [0.2, 0.25) is 0 Å². The number of nitrogens with one attached hydrogen (secondary N) is 1. The van der Waals surface area contributed by atoms with E-state index in [9.17, 15) is 10.1 Å². The summed E-state index contributed by atoms with van der Waals surface area (Å²) in [7, 11) is 1.48. The molecule has 0 saturated heterocycles. The molecule has 0 spiro atoms. The van der Waals surface area contributed by atoms with Gasteiger partial charge in [0.1, 0.15) is 17.5 Å². The van der Waals surface area contributed by atoms with E-state index >= 15 is 0 Å². The average Bonchev–Trinajstić information content (AvgIpc) is 2.72. The minimum atomic E-state index is -0.178. The molecule has 1 aromatic carbocycles. The molecule has 5 N–H and O–H groups in total. The third kappa shape index (κ3) is 4.91. The highest BCUT2D eigenvalue weighted by Crippen LogP contribution is 2.40. The van der Waals surface area contributed by atoms with Gasteiger partial charge in [-0.3, -0.25) is 4.79 Å². The van der Waals surface area contributed by atoms with Crippen LogP contribution in [0.1, 0.15) is 37.7 Å². The van der Waals surface area contributed by atoms with E-state index in [0.29, 0.717) is 21.5 Å². The number of hydrogen-bond acceptors (Lipinski definition) is 8. The molecule has 0 aliphatic heterocycles. The van der Waals surface area contributed by atoms with Crippen molar-refractivity contribution in [2.45, 2.75) is 38.1 Å². The molecule has 3 rings (SSSR count). The van der Waals surface area contributed by atoms with Crippen molar-refractivity contribution in [2.75, 3.05) is 25.2 Å². The van der Waals surface area contributed by atoms with Crippen LogP contribution in [-0.4, -0.2) is 35.6 Å².